The molecule has 3 aliphatic carbocycles. The van der Waals surface area contributed by atoms with E-state index in [1.807, 2.05) is 0 Å². The van der Waals surface area contributed by atoms with Crippen LogP contribution in [0.25, 0.3) is 0 Å². The molecule has 0 radical (unpaired) electrons. The molecule has 2 bridgehead atoms. The van der Waals surface area contributed by atoms with Crippen molar-refractivity contribution >= 4 is 5.78 Å². The van der Waals surface area contributed by atoms with Crippen LogP contribution in [0.4, 0.5) is 0 Å². The van der Waals surface area contributed by atoms with Crippen molar-refractivity contribution in [3.8, 4) is 0 Å². The van der Waals surface area contributed by atoms with Gasteiger partial charge in [0, 0.05) is 14.6 Å². The molecule has 10 heavy (non-hydrogen) atoms. The van der Waals surface area contributed by atoms with Crippen LogP contribution in [0.3, 0.4) is 0 Å². The lowest BCUT2D eigenvalue weighted by Gasteiger charge is -2.39. The van der Waals surface area contributed by atoms with Gasteiger partial charge in [0.15, 0.2) is 0 Å². The van der Waals surface area contributed by atoms with Gasteiger partial charge in [-0.1, -0.05) is 0 Å². The maximum atomic E-state index is 11.5. The first kappa shape index (κ1) is 3.89. The van der Waals surface area contributed by atoms with Crippen molar-refractivity contribution in [2.24, 2.45) is 23.7 Å². The van der Waals surface area contributed by atoms with Crippen LogP contribution in [0.1, 0.15) is 28.4 Å². The number of fused-ring (bicyclic) bond motifs is 1. The molecule has 0 heterocycles. The Balaban J connectivity index is 2.03. The van der Waals surface area contributed by atoms with Gasteiger partial charge in [-0.15, -0.1) is 0 Å². The molecule has 0 unspecified atom stereocenters. The van der Waals surface area contributed by atoms with E-state index in [4.69, 9.17) is 2.74 Å². The molecule has 0 aliphatic heterocycles. The van der Waals surface area contributed by atoms with Gasteiger partial charge in [-0.05, 0) is 37.5 Å². The minimum atomic E-state index is -1.17. The maximum absolute atomic E-state index is 11.5. The van der Waals surface area contributed by atoms with Crippen LogP contribution in [0.15, 0.2) is 0 Å². The number of hydrogen-bond donors (Lipinski definition) is 0. The number of Topliss-reactive ketones (excluding diaryl/α,β-unsaturated/α-hetero) is 1. The van der Waals surface area contributed by atoms with E-state index in [0.717, 1.165) is 12.8 Å². The molecule has 0 spiro atoms. The number of carbonyl (C=O) groups is 1. The topological polar surface area (TPSA) is 17.1 Å². The van der Waals surface area contributed by atoms with Gasteiger partial charge in [0.1, 0.15) is 5.78 Å². The van der Waals surface area contributed by atoms with Crippen molar-refractivity contribution in [1.29, 1.82) is 0 Å². The van der Waals surface area contributed by atoms with E-state index < -0.39 is 6.37 Å². The Hall–Kier alpha value is -0.330. The van der Waals surface area contributed by atoms with Gasteiger partial charge in [-0.25, -0.2) is 0 Å². The molecule has 0 saturated heterocycles. The van der Waals surface area contributed by atoms with Crippen molar-refractivity contribution < 1.29 is 7.54 Å². The van der Waals surface area contributed by atoms with Gasteiger partial charge in [0.2, 0.25) is 0 Å². The van der Waals surface area contributed by atoms with E-state index in [9.17, 15) is 4.79 Å². The fourth-order valence-corrected chi connectivity index (χ4v) is 2.91. The average Bonchev–Trinajstić information content (AvgIpc) is 2.18. The van der Waals surface area contributed by atoms with Crippen LogP contribution < -0.4 is 0 Å². The highest BCUT2D eigenvalue weighted by atomic mass is 16.1. The minimum absolute atomic E-state index is 0.221. The summed E-state index contributed by atoms with van der Waals surface area (Å²) in [4.78, 5) is 11.5. The molecule has 1 heteroatoms. The van der Waals surface area contributed by atoms with Crippen molar-refractivity contribution in [3.05, 3.63) is 0 Å². The monoisotopic (exact) mass is 138 g/mol. The molecule has 3 fully saturated rings. The molecule has 4 atom stereocenters. The van der Waals surface area contributed by atoms with E-state index >= 15 is 0 Å². The lowest BCUT2D eigenvalue weighted by atomic mass is 9.63. The third kappa shape index (κ3) is 0.415. The molecule has 0 N–H and O–H groups in total. The predicted octanol–water partition coefficient (Wildman–Crippen LogP) is 1.62. The Bertz CT molecular complexity index is 261. The van der Waals surface area contributed by atoms with Gasteiger partial charge < -0.3 is 0 Å². The summed E-state index contributed by atoms with van der Waals surface area (Å²) < 4.78 is 15.5. The quantitative estimate of drug-likeness (QED) is 0.497. The minimum Gasteiger partial charge on any atom is -0.299 e. The summed E-state index contributed by atoms with van der Waals surface area (Å²) in [6.45, 7) is 0. The number of rotatable bonds is 0. The Morgan fingerprint density at radius 1 is 1.40 bits per heavy atom. The zero-order valence-corrected chi connectivity index (χ0v) is 5.84. The predicted molar refractivity (Wildman–Crippen MR) is 37.4 cm³/mol. The van der Waals surface area contributed by atoms with Crippen LogP contribution in [-0.4, -0.2) is 5.78 Å². The second-order valence-electron chi connectivity index (χ2n) is 3.90. The van der Waals surface area contributed by atoms with Crippen molar-refractivity contribution in [2.75, 3.05) is 0 Å². The third-order valence-electron chi connectivity index (χ3n) is 3.44. The summed E-state index contributed by atoms with van der Waals surface area (Å²) in [6.07, 6.45) is 1.58. The largest absolute Gasteiger partial charge is 0.299 e. The summed E-state index contributed by atoms with van der Waals surface area (Å²) in [5.41, 5.74) is 0. The second kappa shape index (κ2) is 1.46. The van der Waals surface area contributed by atoms with Gasteiger partial charge in [0.25, 0.3) is 0 Å². The van der Waals surface area contributed by atoms with Gasteiger partial charge in [-0.2, -0.15) is 0 Å². The maximum Gasteiger partial charge on any atom is 0.139 e. The normalized spacial score (nSPS) is 64.6. The lowest BCUT2D eigenvalue weighted by Crippen LogP contribution is -2.44. The molecule has 3 rings (SSSR count). The fraction of sp³-hybridized carbons (Fsp3) is 0.889. The highest BCUT2D eigenvalue weighted by molar-refractivity contribution is 5.90. The van der Waals surface area contributed by atoms with Crippen LogP contribution in [-0.2, 0) is 4.79 Å². The zero-order valence-electron chi connectivity index (χ0n) is 7.84. The fourth-order valence-electron chi connectivity index (χ4n) is 2.91. The highest BCUT2D eigenvalue weighted by Crippen LogP contribution is 2.57. The number of hydrogen-bond acceptors (Lipinski definition) is 1. The molecule has 54 valence electrons. The Kier molecular flexibility index (Phi) is 0.569. The molecular weight excluding hydrogens is 124 g/mol. The zero-order chi connectivity index (χ0) is 8.51. The van der Waals surface area contributed by atoms with E-state index in [1.165, 1.54) is 0 Å². The summed E-state index contributed by atoms with van der Waals surface area (Å²) in [7, 11) is 0. The Labute approximate surface area is 63.6 Å². The van der Waals surface area contributed by atoms with Crippen molar-refractivity contribution in [1.82, 2.24) is 0 Å². The molecule has 0 aromatic rings. The summed E-state index contributed by atoms with van der Waals surface area (Å²) in [5, 5.41) is 0. The SMILES string of the molecule is [2H]C1([2H])C[C@@H]2C[C@@H]3[C@H]1C(=O)[C@@H]3C2. The summed E-state index contributed by atoms with van der Waals surface area (Å²) in [6, 6.07) is 0. The van der Waals surface area contributed by atoms with E-state index in [1.54, 1.807) is 0 Å². The Morgan fingerprint density at radius 3 is 3.20 bits per heavy atom. The number of ketones is 1. The molecule has 0 aromatic heterocycles. The van der Waals surface area contributed by atoms with Gasteiger partial charge in [-0.3, -0.25) is 4.79 Å². The summed E-state index contributed by atoms with van der Waals surface area (Å²) in [5.74, 6) is 1.20. The van der Waals surface area contributed by atoms with Crippen LogP contribution in [0, 0.1) is 23.7 Å². The molecule has 3 aliphatic rings. The molecule has 3 saturated carbocycles. The van der Waals surface area contributed by atoms with Crippen LogP contribution in [0.5, 0.6) is 0 Å². The molecule has 0 amide bonds. The first-order chi connectivity index (χ1) is 5.59. The van der Waals surface area contributed by atoms with Crippen molar-refractivity contribution in [3.63, 3.8) is 0 Å². The number of carbonyl (C=O) groups excluding carboxylic acids is 1. The standard InChI is InChI=1S/C9H12O/c10-9-6-2-1-5-3-7(6)8(9)4-5/h5-8H,1-4H2/t5-,6+,7-,8-/m1/s1/i2D2. The van der Waals surface area contributed by atoms with Gasteiger partial charge >= 0.3 is 0 Å². The van der Waals surface area contributed by atoms with Crippen molar-refractivity contribution in [2.45, 2.75) is 25.6 Å². The molecule has 0 aromatic carbocycles. The summed E-state index contributed by atoms with van der Waals surface area (Å²) >= 11 is 0. The second-order valence-corrected chi connectivity index (χ2v) is 3.90. The van der Waals surface area contributed by atoms with Crippen LogP contribution in [0.2, 0.25) is 0 Å². The Morgan fingerprint density at radius 2 is 2.30 bits per heavy atom. The molecule has 1 nitrogen and oxygen atoms in total. The third-order valence-corrected chi connectivity index (χ3v) is 3.44. The average molecular weight is 138 g/mol. The first-order valence-electron chi connectivity index (χ1n) is 5.13. The first-order valence-corrected chi connectivity index (χ1v) is 4.13. The smallest absolute Gasteiger partial charge is 0.139 e. The molecular formula is C9H12O. The van der Waals surface area contributed by atoms with E-state index in [2.05, 4.69) is 0 Å². The van der Waals surface area contributed by atoms with E-state index in [-0.39, 0.29) is 17.6 Å². The lowest BCUT2D eigenvalue weighted by molar-refractivity contribution is -0.141. The van der Waals surface area contributed by atoms with Crippen LogP contribution >= 0.6 is 0 Å². The van der Waals surface area contributed by atoms with E-state index in [0.29, 0.717) is 18.3 Å². The highest BCUT2D eigenvalue weighted by Gasteiger charge is 2.56. The van der Waals surface area contributed by atoms with Gasteiger partial charge in [0.05, 0.1) is 0 Å².